The highest BCUT2D eigenvalue weighted by Gasteiger charge is 2.42. The van der Waals surface area contributed by atoms with E-state index in [0.717, 1.165) is 31.2 Å². The van der Waals surface area contributed by atoms with Gasteiger partial charge in [0.1, 0.15) is 18.2 Å². The van der Waals surface area contributed by atoms with E-state index in [9.17, 15) is 14.4 Å². The summed E-state index contributed by atoms with van der Waals surface area (Å²) < 4.78 is 10.2. The van der Waals surface area contributed by atoms with Gasteiger partial charge in [-0.05, 0) is 24.3 Å². The second-order valence-electron chi connectivity index (χ2n) is 7.90. The maximum absolute atomic E-state index is 13.2. The fraction of sp³-hybridized carbons (Fsp3) is 0.591. The Morgan fingerprint density at radius 2 is 1.66 bits per heavy atom. The highest BCUT2D eigenvalue weighted by molar-refractivity contribution is 5.93. The number of hydrogen-bond acceptors (Lipinski definition) is 5. The summed E-state index contributed by atoms with van der Waals surface area (Å²) in [5.41, 5.74) is -0.224. The number of methoxy groups -OCH3 is 1. The van der Waals surface area contributed by atoms with Crippen molar-refractivity contribution in [3.63, 3.8) is 0 Å². The second-order valence-corrected chi connectivity index (χ2v) is 7.90. The lowest BCUT2D eigenvalue weighted by Gasteiger charge is -2.34. The van der Waals surface area contributed by atoms with E-state index in [4.69, 9.17) is 9.47 Å². The number of hydrogen-bond donors (Lipinski definition) is 2. The fourth-order valence-electron chi connectivity index (χ4n) is 3.60. The minimum atomic E-state index is -1.09. The average molecular weight is 405 g/mol. The molecule has 2 amide bonds. The number of carbonyl (C=O) groups excluding carboxylic acids is 3. The zero-order valence-corrected chi connectivity index (χ0v) is 17.5. The highest BCUT2D eigenvalue weighted by Crippen LogP contribution is 2.28. The molecule has 0 aliphatic heterocycles. The molecule has 0 spiro atoms. The first-order valence-corrected chi connectivity index (χ1v) is 10.3. The molecule has 1 saturated carbocycles. The van der Waals surface area contributed by atoms with Crippen molar-refractivity contribution in [1.29, 1.82) is 0 Å². The summed E-state index contributed by atoms with van der Waals surface area (Å²) in [6.07, 6.45) is 4.01. The van der Waals surface area contributed by atoms with Crippen molar-refractivity contribution < 1.29 is 23.9 Å². The van der Waals surface area contributed by atoms with Gasteiger partial charge in [0.05, 0.1) is 7.11 Å². The van der Waals surface area contributed by atoms with Gasteiger partial charge in [-0.3, -0.25) is 4.79 Å². The topological polar surface area (TPSA) is 93.7 Å². The van der Waals surface area contributed by atoms with Gasteiger partial charge in [0.2, 0.25) is 5.91 Å². The maximum Gasteiger partial charge on any atom is 0.408 e. The number of nitrogens with one attached hydrogen (secondary N) is 2. The van der Waals surface area contributed by atoms with E-state index in [1.165, 1.54) is 7.11 Å². The first-order valence-electron chi connectivity index (χ1n) is 10.3. The van der Waals surface area contributed by atoms with Crippen LogP contribution in [0.25, 0.3) is 0 Å². The standard InChI is InChI=1S/C22H32N2O5/c1-16(2)18(19(25)28-3)23-20(26)22(13-9-4-5-10-14-22)24-21(27)29-15-17-11-7-6-8-12-17/h6-8,11-12,16,18H,4-5,9-10,13-15H2,1-3H3,(H,23,26)(H,24,27)/t18-/m0/s1. The third kappa shape index (κ3) is 6.48. The normalized spacial score (nSPS) is 17.0. The van der Waals surface area contributed by atoms with E-state index < -0.39 is 23.6 Å². The Kier molecular flexibility index (Phi) is 8.49. The lowest BCUT2D eigenvalue weighted by atomic mass is 9.88. The molecule has 29 heavy (non-hydrogen) atoms. The molecule has 0 saturated heterocycles. The third-order valence-corrected chi connectivity index (χ3v) is 5.35. The minimum Gasteiger partial charge on any atom is -0.467 e. The van der Waals surface area contributed by atoms with E-state index in [1.54, 1.807) is 0 Å². The van der Waals surface area contributed by atoms with E-state index in [-0.39, 0.29) is 18.4 Å². The molecule has 0 aromatic heterocycles. The highest BCUT2D eigenvalue weighted by atomic mass is 16.5. The number of ether oxygens (including phenoxy) is 2. The Labute approximate surface area is 172 Å². The van der Waals surface area contributed by atoms with E-state index in [2.05, 4.69) is 10.6 Å². The fourth-order valence-corrected chi connectivity index (χ4v) is 3.60. The molecular weight excluding hydrogens is 372 g/mol. The van der Waals surface area contributed by atoms with Crippen LogP contribution >= 0.6 is 0 Å². The molecule has 2 N–H and O–H groups in total. The lowest BCUT2D eigenvalue weighted by Crippen LogP contribution is -2.61. The van der Waals surface area contributed by atoms with Crippen molar-refractivity contribution in [3.05, 3.63) is 35.9 Å². The summed E-state index contributed by atoms with van der Waals surface area (Å²) in [5.74, 6) is -0.997. The van der Waals surface area contributed by atoms with Crippen molar-refractivity contribution in [3.8, 4) is 0 Å². The zero-order valence-electron chi connectivity index (χ0n) is 17.5. The molecule has 7 heteroatoms. The Hall–Kier alpha value is -2.57. The number of esters is 1. The molecule has 1 aliphatic carbocycles. The van der Waals surface area contributed by atoms with Gasteiger partial charge < -0.3 is 20.1 Å². The molecule has 0 heterocycles. The number of rotatable bonds is 7. The summed E-state index contributed by atoms with van der Waals surface area (Å²) in [7, 11) is 1.30. The Balaban J connectivity index is 2.11. The van der Waals surface area contributed by atoms with Crippen LogP contribution in [0.5, 0.6) is 0 Å². The lowest BCUT2D eigenvalue weighted by molar-refractivity contribution is -0.147. The van der Waals surface area contributed by atoms with Crippen LogP contribution in [-0.2, 0) is 25.7 Å². The zero-order chi connectivity index (χ0) is 21.3. The predicted octanol–water partition coefficient (Wildman–Crippen LogP) is 3.32. The van der Waals surface area contributed by atoms with Crippen LogP contribution < -0.4 is 10.6 Å². The minimum absolute atomic E-state index is 0.126. The first kappa shape index (κ1) is 22.7. The summed E-state index contributed by atoms with van der Waals surface area (Å²) in [6, 6.07) is 8.59. The Morgan fingerprint density at radius 3 is 2.21 bits per heavy atom. The third-order valence-electron chi connectivity index (χ3n) is 5.35. The Bertz CT molecular complexity index is 682. The van der Waals surface area contributed by atoms with Crippen molar-refractivity contribution in [2.75, 3.05) is 7.11 Å². The molecule has 2 rings (SSSR count). The van der Waals surface area contributed by atoms with Gasteiger partial charge >= 0.3 is 12.1 Å². The van der Waals surface area contributed by atoms with Crippen LogP contribution in [0.3, 0.4) is 0 Å². The van der Waals surface area contributed by atoms with Crippen molar-refractivity contribution in [2.24, 2.45) is 5.92 Å². The molecule has 1 aliphatic rings. The molecule has 1 fully saturated rings. The molecular formula is C22H32N2O5. The van der Waals surface area contributed by atoms with Crippen LogP contribution in [-0.4, -0.2) is 36.7 Å². The summed E-state index contributed by atoms with van der Waals surface area (Å²) in [6.45, 7) is 3.80. The first-order chi connectivity index (χ1) is 13.9. The van der Waals surface area contributed by atoms with Gasteiger partial charge in [-0.2, -0.15) is 0 Å². The van der Waals surface area contributed by atoms with E-state index in [0.29, 0.717) is 12.8 Å². The van der Waals surface area contributed by atoms with Crippen LogP contribution in [0.4, 0.5) is 4.79 Å². The Morgan fingerprint density at radius 1 is 1.03 bits per heavy atom. The van der Waals surface area contributed by atoms with E-state index in [1.807, 2.05) is 44.2 Å². The molecule has 1 atom stereocenters. The van der Waals surface area contributed by atoms with Gasteiger partial charge in [-0.1, -0.05) is 69.9 Å². The van der Waals surface area contributed by atoms with Crippen LogP contribution in [0, 0.1) is 5.92 Å². The largest absolute Gasteiger partial charge is 0.467 e. The number of carbonyl (C=O) groups is 3. The predicted molar refractivity (Wildman–Crippen MR) is 109 cm³/mol. The van der Waals surface area contributed by atoms with E-state index >= 15 is 0 Å². The monoisotopic (exact) mass is 404 g/mol. The average Bonchev–Trinajstić information content (AvgIpc) is 2.96. The number of alkyl carbamates (subject to hydrolysis) is 1. The van der Waals surface area contributed by atoms with Gasteiger partial charge in [-0.15, -0.1) is 0 Å². The van der Waals surface area contributed by atoms with Crippen LogP contribution in [0.2, 0.25) is 0 Å². The molecule has 7 nitrogen and oxygen atoms in total. The van der Waals surface area contributed by atoms with Crippen molar-refractivity contribution in [2.45, 2.75) is 70.6 Å². The van der Waals surface area contributed by atoms with Crippen LogP contribution in [0.1, 0.15) is 57.9 Å². The summed E-state index contributed by atoms with van der Waals surface area (Å²) in [5, 5.41) is 5.62. The molecule has 0 radical (unpaired) electrons. The van der Waals surface area contributed by atoms with Gasteiger partial charge in [0.15, 0.2) is 0 Å². The maximum atomic E-state index is 13.2. The molecule has 0 unspecified atom stereocenters. The molecule has 160 valence electrons. The van der Waals surface area contributed by atoms with Gasteiger partial charge in [0, 0.05) is 0 Å². The summed E-state index contributed by atoms with van der Waals surface area (Å²) >= 11 is 0. The summed E-state index contributed by atoms with van der Waals surface area (Å²) in [4.78, 5) is 37.8. The second kappa shape index (κ2) is 10.8. The smallest absolute Gasteiger partial charge is 0.408 e. The number of amides is 2. The van der Waals surface area contributed by atoms with Crippen molar-refractivity contribution >= 4 is 18.0 Å². The quantitative estimate of drug-likeness (QED) is 0.537. The number of benzene rings is 1. The van der Waals surface area contributed by atoms with Crippen LogP contribution in [0.15, 0.2) is 30.3 Å². The van der Waals surface area contributed by atoms with Crippen molar-refractivity contribution in [1.82, 2.24) is 10.6 Å². The SMILES string of the molecule is COC(=O)[C@@H](NC(=O)C1(NC(=O)OCc2ccccc2)CCCCCC1)C(C)C. The molecule has 1 aromatic rings. The molecule has 1 aromatic carbocycles. The van der Waals surface area contributed by atoms with Gasteiger partial charge in [-0.25, -0.2) is 9.59 Å². The van der Waals surface area contributed by atoms with Gasteiger partial charge in [0.25, 0.3) is 0 Å². The molecule has 0 bridgehead atoms.